The molecule has 0 aliphatic rings. The molecule has 26 heavy (non-hydrogen) atoms. The summed E-state index contributed by atoms with van der Waals surface area (Å²) in [5, 5.41) is 3.20. The van der Waals surface area contributed by atoms with E-state index >= 15 is 0 Å². The van der Waals surface area contributed by atoms with E-state index in [-0.39, 0.29) is 25.4 Å². The third kappa shape index (κ3) is 5.24. The summed E-state index contributed by atoms with van der Waals surface area (Å²) in [6.07, 6.45) is 0.198. The zero-order valence-electron chi connectivity index (χ0n) is 15.2. The number of hydrogen-bond donors (Lipinski definition) is 1. The highest BCUT2D eigenvalue weighted by atomic mass is 16.5. The Hall–Kier alpha value is -3.02. The van der Waals surface area contributed by atoms with Gasteiger partial charge in [0, 0.05) is 17.8 Å². The summed E-state index contributed by atoms with van der Waals surface area (Å²) in [4.78, 5) is 24.1. The second-order valence-corrected chi connectivity index (χ2v) is 5.48. The molecule has 0 amide bonds. The predicted octanol–water partition coefficient (Wildman–Crippen LogP) is 3.95. The fraction of sp³-hybridized carbons (Fsp3) is 0.300. The number of ether oxygens (including phenoxy) is 2. The predicted molar refractivity (Wildman–Crippen MR) is 97.8 cm³/mol. The number of carbonyl (C=O) groups is 2. The number of carbonyl (C=O) groups excluding carboxylic acids is 2. The molecule has 0 saturated heterocycles. The van der Waals surface area contributed by atoms with Crippen LogP contribution < -0.4 is 5.32 Å². The van der Waals surface area contributed by atoms with Crippen LogP contribution in [-0.2, 0) is 20.7 Å². The molecule has 1 N–H and O–H groups in total. The number of hydrogen-bond acceptors (Lipinski definition) is 6. The fourth-order valence-corrected chi connectivity index (χ4v) is 2.35. The van der Waals surface area contributed by atoms with Gasteiger partial charge >= 0.3 is 11.9 Å². The molecular weight excluding hydrogens is 334 g/mol. The number of benzene rings is 1. The van der Waals surface area contributed by atoms with E-state index in [4.69, 9.17) is 13.9 Å². The van der Waals surface area contributed by atoms with Crippen LogP contribution in [0.4, 0.5) is 5.69 Å². The second-order valence-electron chi connectivity index (χ2n) is 5.48. The van der Waals surface area contributed by atoms with Crippen LogP contribution in [0.15, 0.2) is 58.2 Å². The van der Waals surface area contributed by atoms with Gasteiger partial charge in [-0.3, -0.25) is 0 Å². The van der Waals surface area contributed by atoms with E-state index in [1.54, 1.807) is 26.8 Å². The van der Waals surface area contributed by atoms with Crippen molar-refractivity contribution in [2.75, 3.05) is 18.5 Å². The molecule has 2 rings (SSSR count). The van der Waals surface area contributed by atoms with Gasteiger partial charge in [0.1, 0.15) is 5.76 Å². The van der Waals surface area contributed by atoms with Crippen LogP contribution in [0.3, 0.4) is 0 Å². The molecule has 0 radical (unpaired) electrons. The van der Waals surface area contributed by atoms with Gasteiger partial charge in [-0.2, -0.15) is 0 Å². The zero-order chi connectivity index (χ0) is 18.9. The quantitative estimate of drug-likeness (QED) is 0.569. The van der Waals surface area contributed by atoms with Crippen LogP contribution in [0.2, 0.25) is 0 Å². The average molecular weight is 357 g/mol. The minimum atomic E-state index is -0.528. The van der Waals surface area contributed by atoms with Crippen molar-refractivity contribution in [3.05, 3.63) is 65.3 Å². The summed E-state index contributed by atoms with van der Waals surface area (Å²) in [5.74, 6) is -0.369. The largest absolute Gasteiger partial charge is 0.463 e. The van der Waals surface area contributed by atoms with Gasteiger partial charge in [0.05, 0.1) is 18.8 Å². The second kappa shape index (κ2) is 9.46. The molecule has 1 aromatic heterocycles. The number of para-hydroxylation sites is 1. The summed E-state index contributed by atoms with van der Waals surface area (Å²) in [6, 6.07) is 12.7. The average Bonchev–Trinajstić information content (AvgIpc) is 3.09. The van der Waals surface area contributed by atoms with Crippen LogP contribution in [0.1, 0.15) is 37.1 Å². The standard InChI is InChI=1S/C20H23NO5/c1-4-24-19(22)17(14(3)21-15-9-7-6-8-10-15)13-16-11-12-18(26-16)20(23)25-5-2/h6-12,21H,4-5,13H2,1-3H3/b17-14-. The first-order chi connectivity index (χ1) is 12.5. The number of allylic oxidation sites excluding steroid dienone is 1. The van der Waals surface area contributed by atoms with E-state index in [1.807, 2.05) is 30.3 Å². The molecular formula is C20H23NO5. The van der Waals surface area contributed by atoms with Gasteiger partial charge in [0.2, 0.25) is 5.76 Å². The monoisotopic (exact) mass is 357 g/mol. The molecule has 0 bridgehead atoms. The minimum absolute atomic E-state index is 0.110. The van der Waals surface area contributed by atoms with Crippen molar-refractivity contribution >= 4 is 17.6 Å². The first kappa shape index (κ1) is 19.3. The molecule has 0 aliphatic heterocycles. The summed E-state index contributed by atoms with van der Waals surface area (Å²) >= 11 is 0. The third-order valence-electron chi connectivity index (χ3n) is 3.57. The van der Waals surface area contributed by atoms with Gasteiger partial charge in [-0.15, -0.1) is 0 Å². The Balaban J connectivity index is 2.23. The van der Waals surface area contributed by atoms with E-state index in [2.05, 4.69) is 5.32 Å². The van der Waals surface area contributed by atoms with Gasteiger partial charge in [-0.1, -0.05) is 18.2 Å². The molecule has 0 saturated carbocycles. The highest BCUT2D eigenvalue weighted by Gasteiger charge is 2.19. The minimum Gasteiger partial charge on any atom is -0.463 e. The van der Waals surface area contributed by atoms with Gasteiger partial charge in [0.25, 0.3) is 0 Å². The first-order valence-corrected chi connectivity index (χ1v) is 8.49. The Morgan fingerprint density at radius 3 is 2.35 bits per heavy atom. The van der Waals surface area contributed by atoms with Crippen molar-refractivity contribution in [1.82, 2.24) is 0 Å². The topological polar surface area (TPSA) is 77.8 Å². The van der Waals surface area contributed by atoms with E-state index in [0.717, 1.165) is 5.69 Å². The molecule has 0 aliphatic carbocycles. The Labute approximate surface area is 152 Å². The molecule has 6 heteroatoms. The Morgan fingerprint density at radius 2 is 1.69 bits per heavy atom. The normalized spacial score (nSPS) is 11.5. The maximum absolute atomic E-state index is 12.4. The van der Waals surface area contributed by atoms with Crippen molar-refractivity contribution < 1.29 is 23.5 Å². The number of esters is 2. The van der Waals surface area contributed by atoms with Crippen LogP contribution in [0.25, 0.3) is 0 Å². The van der Waals surface area contributed by atoms with Gasteiger partial charge in [0.15, 0.2) is 0 Å². The zero-order valence-corrected chi connectivity index (χ0v) is 15.2. The number of nitrogens with one attached hydrogen (secondary N) is 1. The Bertz CT molecular complexity index is 777. The summed E-state index contributed by atoms with van der Waals surface area (Å²) in [6.45, 7) is 5.81. The van der Waals surface area contributed by atoms with Crippen molar-refractivity contribution in [2.24, 2.45) is 0 Å². The maximum Gasteiger partial charge on any atom is 0.374 e. The molecule has 1 heterocycles. The van der Waals surface area contributed by atoms with E-state index < -0.39 is 11.9 Å². The Kier molecular flexibility index (Phi) is 7.02. The van der Waals surface area contributed by atoms with Gasteiger partial charge in [-0.05, 0) is 45.0 Å². The molecule has 0 fully saturated rings. The maximum atomic E-state index is 12.4. The number of rotatable bonds is 8. The van der Waals surface area contributed by atoms with Crippen molar-refractivity contribution in [3.63, 3.8) is 0 Å². The molecule has 1 aromatic carbocycles. The lowest BCUT2D eigenvalue weighted by Crippen LogP contribution is -2.14. The summed E-state index contributed by atoms with van der Waals surface area (Å²) in [7, 11) is 0. The van der Waals surface area contributed by atoms with Gasteiger partial charge < -0.3 is 19.2 Å². The third-order valence-corrected chi connectivity index (χ3v) is 3.57. The van der Waals surface area contributed by atoms with Crippen molar-refractivity contribution in [2.45, 2.75) is 27.2 Å². The molecule has 0 unspecified atom stereocenters. The lowest BCUT2D eigenvalue weighted by Gasteiger charge is -2.13. The number of anilines is 1. The summed E-state index contributed by atoms with van der Waals surface area (Å²) < 4.78 is 15.6. The molecule has 138 valence electrons. The summed E-state index contributed by atoms with van der Waals surface area (Å²) in [5.41, 5.74) is 1.95. The molecule has 2 aromatic rings. The van der Waals surface area contributed by atoms with E-state index in [9.17, 15) is 9.59 Å². The SMILES string of the molecule is CCOC(=O)/C(Cc1ccc(C(=O)OCC)o1)=C(/C)Nc1ccccc1. The first-order valence-electron chi connectivity index (χ1n) is 8.49. The molecule has 0 spiro atoms. The van der Waals surface area contributed by atoms with Crippen LogP contribution in [-0.4, -0.2) is 25.2 Å². The molecule has 6 nitrogen and oxygen atoms in total. The number of furan rings is 1. The van der Waals surface area contributed by atoms with E-state index in [0.29, 0.717) is 17.0 Å². The van der Waals surface area contributed by atoms with Gasteiger partial charge in [-0.25, -0.2) is 9.59 Å². The van der Waals surface area contributed by atoms with Crippen LogP contribution in [0.5, 0.6) is 0 Å². The van der Waals surface area contributed by atoms with Crippen molar-refractivity contribution in [3.8, 4) is 0 Å². The fourth-order valence-electron chi connectivity index (χ4n) is 2.35. The highest BCUT2D eigenvalue weighted by molar-refractivity contribution is 5.90. The highest BCUT2D eigenvalue weighted by Crippen LogP contribution is 2.19. The van der Waals surface area contributed by atoms with E-state index in [1.165, 1.54) is 6.07 Å². The van der Waals surface area contributed by atoms with Crippen molar-refractivity contribution in [1.29, 1.82) is 0 Å². The lowest BCUT2D eigenvalue weighted by atomic mass is 10.1. The van der Waals surface area contributed by atoms with Crippen LogP contribution >= 0.6 is 0 Å². The lowest BCUT2D eigenvalue weighted by molar-refractivity contribution is -0.138. The van der Waals surface area contributed by atoms with Crippen LogP contribution in [0, 0.1) is 0 Å². The smallest absolute Gasteiger partial charge is 0.374 e. The molecule has 0 atom stereocenters. The Morgan fingerprint density at radius 1 is 1.00 bits per heavy atom.